The molecule has 0 bridgehead atoms. The van der Waals surface area contributed by atoms with Crippen LogP contribution in [0.4, 0.5) is 5.69 Å². The number of benzene rings is 2. The molecule has 0 aliphatic heterocycles. The molecule has 5 heteroatoms. The van der Waals surface area contributed by atoms with Crippen molar-refractivity contribution in [3.63, 3.8) is 0 Å². The van der Waals surface area contributed by atoms with Gasteiger partial charge in [-0.05, 0) is 61.3 Å². The van der Waals surface area contributed by atoms with Crippen LogP contribution in [0.1, 0.15) is 36.8 Å². The fourth-order valence-corrected chi connectivity index (χ4v) is 4.00. The van der Waals surface area contributed by atoms with Gasteiger partial charge in [-0.15, -0.1) is 0 Å². The molecule has 0 saturated heterocycles. The van der Waals surface area contributed by atoms with Crippen molar-refractivity contribution < 1.29 is 0 Å². The van der Waals surface area contributed by atoms with Gasteiger partial charge in [0.25, 0.3) is 0 Å². The summed E-state index contributed by atoms with van der Waals surface area (Å²) < 4.78 is 0. The van der Waals surface area contributed by atoms with Crippen molar-refractivity contribution in [2.24, 2.45) is 0 Å². The molecule has 1 aliphatic carbocycles. The minimum Gasteiger partial charge on any atom is -0.342 e. The summed E-state index contributed by atoms with van der Waals surface area (Å²) in [6.07, 6.45) is 4.84. The van der Waals surface area contributed by atoms with Gasteiger partial charge in [0.2, 0.25) is 0 Å². The predicted molar refractivity (Wildman–Crippen MR) is 112 cm³/mol. The van der Waals surface area contributed by atoms with Crippen LogP contribution < -0.4 is 5.32 Å². The summed E-state index contributed by atoms with van der Waals surface area (Å²) in [5, 5.41) is 5.62. The average Bonchev–Trinajstić information content (AvgIpc) is 3.11. The number of aryl methyl sites for hydroxylation is 1. The highest BCUT2D eigenvalue weighted by molar-refractivity contribution is 7.80. The van der Waals surface area contributed by atoms with Crippen molar-refractivity contribution in [1.29, 1.82) is 0 Å². The molecule has 2 aromatic carbocycles. The van der Waals surface area contributed by atoms with Crippen molar-refractivity contribution in [3.05, 3.63) is 63.6 Å². The normalized spacial score (nSPS) is 14.5. The Morgan fingerprint density at radius 3 is 2.60 bits per heavy atom. The van der Waals surface area contributed by atoms with E-state index in [4.69, 9.17) is 35.4 Å². The molecule has 25 heavy (non-hydrogen) atoms. The Labute approximate surface area is 165 Å². The number of thiocarbonyl (C=S) groups is 1. The Bertz CT molecular complexity index is 757. The molecule has 0 spiro atoms. The Balaban J connectivity index is 1.82. The highest BCUT2D eigenvalue weighted by Gasteiger charge is 2.25. The molecule has 2 nitrogen and oxygen atoms in total. The van der Waals surface area contributed by atoms with E-state index in [0.717, 1.165) is 33.5 Å². The van der Waals surface area contributed by atoms with E-state index < -0.39 is 0 Å². The van der Waals surface area contributed by atoms with Crippen LogP contribution in [0.2, 0.25) is 10.0 Å². The largest absolute Gasteiger partial charge is 0.342 e. The molecule has 0 aromatic heterocycles. The topological polar surface area (TPSA) is 15.3 Å². The molecule has 1 N–H and O–H groups in total. The maximum Gasteiger partial charge on any atom is 0.173 e. The first-order chi connectivity index (χ1) is 12.0. The molecule has 0 radical (unpaired) electrons. The standard InChI is InChI=1S/C20H22Cl2N2S/c1-14-10-11-16(21)12-19(14)23-20(25)24(17-7-3-4-8-17)13-15-6-2-5-9-18(15)22/h2,5-6,9-12,17H,3-4,7-8,13H2,1H3,(H,23,25). The highest BCUT2D eigenvalue weighted by atomic mass is 35.5. The zero-order chi connectivity index (χ0) is 17.8. The summed E-state index contributed by atoms with van der Waals surface area (Å²) in [5.41, 5.74) is 3.18. The minimum absolute atomic E-state index is 0.454. The molecule has 132 valence electrons. The van der Waals surface area contributed by atoms with Crippen LogP contribution >= 0.6 is 35.4 Å². The third kappa shape index (κ3) is 4.66. The molecule has 0 unspecified atom stereocenters. The van der Waals surface area contributed by atoms with Gasteiger partial charge in [-0.3, -0.25) is 0 Å². The first-order valence-corrected chi connectivity index (χ1v) is 9.78. The second-order valence-electron chi connectivity index (χ2n) is 6.55. The van der Waals surface area contributed by atoms with Crippen LogP contribution in [0.25, 0.3) is 0 Å². The van der Waals surface area contributed by atoms with E-state index in [1.165, 1.54) is 25.7 Å². The molecular weight excluding hydrogens is 371 g/mol. The van der Waals surface area contributed by atoms with E-state index in [0.29, 0.717) is 11.1 Å². The van der Waals surface area contributed by atoms with Crippen LogP contribution in [0.5, 0.6) is 0 Å². The van der Waals surface area contributed by atoms with Gasteiger partial charge in [-0.1, -0.05) is 60.3 Å². The lowest BCUT2D eigenvalue weighted by molar-refractivity contribution is 0.312. The third-order valence-corrected chi connectivity index (χ3v) is 5.71. The lowest BCUT2D eigenvalue weighted by Crippen LogP contribution is -2.41. The zero-order valence-electron chi connectivity index (χ0n) is 14.3. The minimum atomic E-state index is 0.454. The van der Waals surface area contributed by atoms with Gasteiger partial charge in [-0.25, -0.2) is 0 Å². The summed E-state index contributed by atoms with van der Waals surface area (Å²) in [5.74, 6) is 0. The Kier molecular flexibility index (Phi) is 6.21. The maximum absolute atomic E-state index is 6.38. The van der Waals surface area contributed by atoms with E-state index in [9.17, 15) is 0 Å². The monoisotopic (exact) mass is 392 g/mol. The fourth-order valence-electron chi connectivity index (χ4n) is 3.31. The number of hydrogen-bond acceptors (Lipinski definition) is 1. The van der Waals surface area contributed by atoms with E-state index in [1.807, 2.05) is 36.4 Å². The highest BCUT2D eigenvalue weighted by Crippen LogP contribution is 2.28. The van der Waals surface area contributed by atoms with Gasteiger partial charge in [-0.2, -0.15) is 0 Å². The van der Waals surface area contributed by atoms with Crippen molar-refractivity contribution in [2.45, 2.75) is 45.2 Å². The molecule has 1 fully saturated rings. The summed E-state index contributed by atoms with van der Waals surface area (Å²) >= 11 is 18.3. The fraction of sp³-hybridized carbons (Fsp3) is 0.350. The SMILES string of the molecule is Cc1ccc(Cl)cc1NC(=S)N(Cc1ccccc1Cl)C1CCCC1. The van der Waals surface area contributed by atoms with E-state index in [-0.39, 0.29) is 0 Å². The first kappa shape index (κ1) is 18.5. The van der Waals surface area contributed by atoms with Crippen molar-refractivity contribution in [3.8, 4) is 0 Å². The summed E-state index contributed by atoms with van der Waals surface area (Å²) in [4.78, 5) is 2.28. The third-order valence-electron chi connectivity index (χ3n) is 4.77. The number of halogens is 2. The van der Waals surface area contributed by atoms with Gasteiger partial charge in [0.15, 0.2) is 5.11 Å². The Morgan fingerprint density at radius 2 is 1.88 bits per heavy atom. The van der Waals surface area contributed by atoms with E-state index in [2.05, 4.69) is 23.2 Å². The summed E-state index contributed by atoms with van der Waals surface area (Å²) in [6, 6.07) is 14.2. The molecule has 3 rings (SSSR count). The quantitative estimate of drug-likeness (QED) is 0.602. The lowest BCUT2D eigenvalue weighted by Gasteiger charge is -2.32. The predicted octanol–water partition coefficient (Wildman–Crippen LogP) is 6.44. The molecule has 0 heterocycles. The number of anilines is 1. The second kappa shape index (κ2) is 8.39. The van der Waals surface area contributed by atoms with Crippen molar-refractivity contribution >= 4 is 46.2 Å². The summed E-state index contributed by atoms with van der Waals surface area (Å²) in [7, 11) is 0. The lowest BCUT2D eigenvalue weighted by atomic mass is 10.1. The smallest absolute Gasteiger partial charge is 0.173 e. The van der Waals surface area contributed by atoms with Crippen molar-refractivity contribution in [2.75, 3.05) is 5.32 Å². The molecule has 0 amide bonds. The van der Waals surface area contributed by atoms with Gasteiger partial charge >= 0.3 is 0 Å². The van der Waals surface area contributed by atoms with Crippen LogP contribution in [0.3, 0.4) is 0 Å². The second-order valence-corrected chi connectivity index (χ2v) is 7.78. The molecule has 1 saturated carbocycles. The average molecular weight is 393 g/mol. The Morgan fingerprint density at radius 1 is 1.16 bits per heavy atom. The van der Waals surface area contributed by atoms with E-state index in [1.54, 1.807) is 0 Å². The van der Waals surface area contributed by atoms with Gasteiger partial charge in [0.05, 0.1) is 0 Å². The van der Waals surface area contributed by atoms with Crippen LogP contribution in [-0.4, -0.2) is 16.1 Å². The van der Waals surface area contributed by atoms with Gasteiger partial charge < -0.3 is 10.2 Å². The van der Waals surface area contributed by atoms with Crippen LogP contribution in [0.15, 0.2) is 42.5 Å². The molecule has 1 aliphatic rings. The Hall–Kier alpha value is -1.29. The first-order valence-electron chi connectivity index (χ1n) is 8.62. The number of hydrogen-bond donors (Lipinski definition) is 1. The molecule has 0 atom stereocenters. The van der Waals surface area contributed by atoms with Crippen LogP contribution in [-0.2, 0) is 6.54 Å². The molecular formula is C20H22Cl2N2S. The number of nitrogens with zero attached hydrogens (tertiary/aromatic N) is 1. The van der Waals surface area contributed by atoms with Gasteiger partial charge in [0, 0.05) is 28.3 Å². The number of rotatable bonds is 4. The zero-order valence-corrected chi connectivity index (χ0v) is 16.6. The van der Waals surface area contributed by atoms with E-state index >= 15 is 0 Å². The summed E-state index contributed by atoms with van der Waals surface area (Å²) in [6.45, 7) is 2.77. The molecule has 2 aromatic rings. The van der Waals surface area contributed by atoms with Crippen molar-refractivity contribution in [1.82, 2.24) is 4.90 Å². The number of nitrogens with one attached hydrogen (secondary N) is 1. The maximum atomic E-state index is 6.38. The van der Waals surface area contributed by atoms with Crippen LogP contribution in [0, 0.1) is 6.92 Å². The van der Waals surface area contributed by atoms with Gasteiger partial charge in [0.1, 0.15) is 0 Å².